The number of halogens is 2. The molecule has 0 aliphatic heterocycles. The first kappa shape index (κ1) is 18.3. The van der Waals surface area contributed by atoms with Crippen LogP contribution in [-0.4, -0.2) is 20.1 Å². The van der Waals surface area contributed by atoms with E-state index in [2.05, 4.69) is 21.2 Å². The van der Waals surface area contributed by atoms with E-state index in [1.54, 1.807) is 14.2 Å². The number of hydrogen-bond donors (Lipinski definition) is 1. The van der Waals surface area contributed by atoms with Crippen LogP contribution in [0.25, 0.3) is 0 Å². The zero-order valence-corrected chi connectivity index (χ0v) is 15.5. The molecule has 2 aromatic rings. The van der Waals surface area contributed by atoms with Crippen molar-refractivity contribution < 1.29 is 18.7 Å². The Morgan fingerprint density at radius 3 is 2.38 bits per heavy atom. The van der Waals surface area contributed by atoms with Gasteiger partial charge in [-0.25, -0.2) is 4.39 Å². The fourth-order valence-corrected chi connectivity index (χ4v) is 3.02. The molecule has 0 radical (unpaired) electrons. The lowest BCUT2D eigenvalue weighted by atomic mass is 10.0. The smallest absolute Gasteiger partial charge is 0.252 e. The van der Waals surface area contributed by atoms with E-state index < -0.39 is 5.82 Å². The van der Waals surface area contributed by atoms with E-state index >= 15 is 0 Å². The second-order valence-corrected chi connectivity index (χ2v) is 6.24. The van der Waals surface area contributed by atoms with Gasteiger partial charge in [-0.15, -0.1) is 0 Å². The van der Waals surface area contributed by atoms with Crippen molar-refractivity contribution in [2.75, 3.05) is 14.2 Å². The Morgan fingerprint density at radius 2 is 1.79 bits per heavy atom. The monoisotopic (exact) mass is 395 g/mol. The highest BCUT2D eigenvalue weighted by molar-refractivity contribution is 9.10. The van der Waals surface area contributed by atoms with Crippen molar-refractivity contribution in [1.29, 1.82) is 0 Å². The van der Waals surface area contributed by atoms with Crippen molar-refractivity contribution in [2.45, 2.75) is 19.9 Å². The van der Waals surface area contributed by atoms with Gasteiger partial charge < -0.3 is 14.8 Å². The third-order valence-corrected chi connectivity index (χ3v) is 4.42. The van der Waals surface area contributed by atoms with E-state index in [9.17, 15) is 9.18 Å². The zero-order valence-electron chi connectivity index (χ0n) is 13.9. The zero-order chi connectivity index (χ0) is 17.9. The molecule has 6 heteroatoms. The molecule has 0 fully saturated rings. The van der Waals surface area contributed by atoms with E-state index in [-0.39, 0.29) is 11.9 Å². The Morgan fingerprint density at radius 1 is 1.17 bits per heavy atom. The van der Waals surface area contributed by atoms with Crippen LogP contribution in [0.5, 0.6) is 11.5 Å². The summed E-state index contributed by atoms with van der Waals surface area (Å²) in [5, 5.41) is 2.91. The molecule has 0 saturated carbocycles. The van der Waals surface area contributed by atoms with E-state index in [1.807, 2.05) is 26.0 Å². The first-order valence-corrected chi connectivity index (χ1v) is 8.15. The van der Waals surface area contributed by atoms with Gasteiger partial charge in [-0.1, -0.05) is 0 Å². The Balaban J connectivity index is 2.26. The Labute approximate surface area is 149 Å². The average Bonchev–Trinajstić information content (AvgIpc) is 2.54. The molecule has 0 heterocycles. The minimum Gasteiger partial charge on any atom is -0.493 e. The molecule has 0 aliphatic rings. The van der Waals surface area contributed by atoms with Crippen LogP contribution in [0.2, 0.25) is 0 Å². The molecule has 128 valence electrons. The highest BCUT2D eigenvalue weighted by atomic mass is 79.9. The first-order valence-electron chi connectivity index (χ1n) is 7.35. The molecule has 0 saturated heterocycles. The van der Waals surface area contributed by atoms with E-state index in [4.69, 9.17) is 9.47 Å². The molecule has 2 rings (SSSR count). The topological polar surface area (TPSA) is 47.6 Å². The second kappa shape index (κ2) is 7.66. The lowest BCUT2D eigenvalue weighted by Crippen LogP contribution is -2.27. The van der Waals surface area contributed by atoms with Gasteiger partial charge in [0.15, 0.2) is 11.5 Å². The molecule has 1 atom stereocenters. The van der Waals surface area contributed by atoms with Crippen molar-refractivity contribution in [3.05, 3.63) is 57.3 Å². The molecule has 1 amide bonds. The van der Waals surface area contributed by atoms with E-state index in [1.165, 1.54) is 18.2 Å². The van der Waals surface area contributed by atoms with Gasteiger partial charge in [0.2, 0.25) is 0 Å². The number of methoxy groups -OCH3 is 2. The molecule has 0 bridgehead atoms. The first-order chi connectivity index (χ1) is 11.4. The summed E-state index contributed by atoms with van der Waals surface area (Å²) in [5.41, 5.74) is 2.26. The standard InChI is InChI=1S/C18H19BrFNO3/c1-10-7-16(23-3)17(24-4)9-14(10)11(2)21-18(22)13-6-5-12(20)8-15(13)19/h5-9,11H,1-4H3,(H,21,22)/t11-/m1/s1. The van der Waals surface area contributed by atoms with Gasteiger partial charge >= 0.3 is 0 Å². The summed E-state index contributed by atoms with van der Waals surface area (Å²) >= 11 is 3.21. The molecule has 4 nitrogen and oxygen atoms in total. The number of nitrogens with one attached hydrogen (secondary N) is 1. The predicted molar refractivity (Wildman–Crippen MR) is 94.3 cm³/mol. The normalized spacial score (nSPS) is 11.8. The largest absolute Gasteiger partial charge is 0.493 e. The predicted octanol–water partition coefficient (Wildman–Crippen LogP) is 4.40. The molecular formula is C18H19BrFNO3. The lowest BCUT2D eigenvalue weighted by molar-refractivity contribution is 0.0939. The summed E-state index contributed by atoms with van der Waals surface area (Å²) in [6.07, 6.45) is 0. The van der Waals surface area contributed by atoms with Crippen molar-refractivity contribution in [3.63, 3.8) is 0 Å². The van der Waals surface area contributed by atoms with Crippen LogP contribution in [-0.2, 0) is 0 Å². The fraction of sp³-hybridized carbons (Fsp3) is 0.278. The minimum absolute atomic E-state index is 0.255. The summed E-state index contributed by atoms with van der Waals surface area (Å²) in [6.45, 7) is 3.82. The Bertz CT molecular complexity index is 764. The fourth-order valence-electron chi connectivity index (χ4n) is 2.49. The molecule has 1 N–H and O–H groups in total. The van der Waals surface area contributed by atoms with Gasteiger partial charge in [0.05, 0.1) is 25.8 Å². The number of carbonyl (C=O) groups is 1. The van der Waals surface area contributed by atoms with Crippen molar-refractivity contribution in [2.24, 2.45) is 0 Å². The number of hydrogen-bond acceptors (Lipinski definition) is 3. The Kier molecular flexibility index (Phi) is 5.83. The van der Waals surface area contributed by atoms with Gasteiger partial charge in [0, 0.05) is 4.47 Å². The van der Waals surface area contributed by atoms with Crippen molar-refractivity contribution >= 4 is 21.8 Å². The maximum Gasteiger partial charge on any atom is 0.252 e. The van der Waals surface area contributed by atoms with Crippen LogP contribution in [0.4, 0.5) is 4.39 Å². The van der Waals surface area contributed by atoms with Crippen molar-refractivity contribution in [1.82, 2.24) is 5.32 Å². The van der Waals surface area contributed by atoms with E-state index in [0.29, 0.717) is 21.5 Å². The third kappa shape index (κ3) is 3.87. The number of ether oxygens (including phenoxy) is 2. The molecule has 2 aromatic carbocycles. The third-order valence-electron chi connectivity index (χ3n) is 3.76. The molecule has 0 aromatic heterocycles. The highest BCUT2D eigenvalue weighted by Crippen LogP contribution is 2.33. The number of benzene rings is 2. The van der Waals surface area contributed by atoms with Crippen LogP contribution in [0.3, 0.4) is 0 Å². The van der Waals surface area contributed by atoms with Crippen LogP contribution in [0, 0.1) is 12.7 Å². The summed E-state index contributed by atoms with van der Waals surface area (Å²) in [4.78, 5) is 12.4. The summed E-state index contributed by atoms with van der Waals surface area (Å²) in [5.74, 6) is 0.548. The van der Waals surface area contributed by atoms with Crippen molar-refractivity contribution in [3.8, 4) is 11.5 Å². The summed E-state index contributed by atoms with van der Waals surface area (Å²) < 4.78 is 24.2. The molecular weight excluding hydrogens is 377 g/mol. The lowest BCUT2D eigenvalue weighted by Gasteiger charge is -2.19. The SMILES string of the molecule is COc1cc(C)c([C@@H](C)NC(=O)c2ccc(F)cc2Br)cc1OC. The number of aryl methyl sites for hydroxylation is 1. The maximum atomic E-state index is 13.2. The van der Waals surface area contributed by atoms with Gasteiger partial charge in [-0.3, -0.25) is 4.79 Å². The summed E-state index contributed by atoms with van der Waals surface area (Å²) in [7, 11) is 3.14. The number of carbonyl (C=O) groups excluding carboxylic acids is 1. The quantitative estimate of drug-likeness (QED) is 0.815. The molecule has 0 unspecified atom stereocenters. The van der Waals surface area contributed by atoms with E-state index in [0.717, 1.165) is 11.1 Å². The van der Waals surface area contributed by atoms with Gasteiger partial charge in [-0.2, -0.15) is 0 Å². The molecule has 24 heavy (non-hydrogen) atoms. The van der Waals surface area contributed by atoms with Crippen LogP contribution in [0.15, 0.2) is 34.8 Å². The van der Waals surface area contributed by atoms with Gasteiger partial charge in [0.1, 0.15) is 5.82 Å². The second-order valence-electron chi connectivity index (χ2n) is 5.38. The number of amides is 1. The van der Waals surface area contributed by atoms with Gasteiger partial charge in [-0.05, 0) is 71.2 Å². The average molecular weight is 396 g/mol. The van der Waals surface area contributed by atoms with Gasteiger partial charge in [0.25, 0.3) is 5.91 Å². The molecule has 0 spiro atoms. The molecule has 0 aliphatic carbocycles. The number of rotatable bonds is 5. The maximum absolute atomic E-state index is 13.2. The van der Waals surface area contributed by atoms with Crippen LogP contribution >= 0.6 is 15.9 Å². The Hall–Kier alpha value is -2.08. The van der Waals surface area contributed by atoms with Crippen LogP contribution < -0.4 is 14.8 Å². The highest BCUT2D eigenvalue weighted by Gasteiger charge is 2.18. The summed E-state index contributed by atoms with van der Waals surface area (Å²) in [6, 6.07) is 7.42. The minimum atomic E-state index is -0.401. The van der Waals surface area contributed by atoms with Crippen LogP contribution in [0.1, 0.15) is 34.5 Å².